The number of nitrogens with zero attached hydrogens (tertiary/aromatic N) is 1. The van der Waals surface area contributed by atoms with Crippen molar-refractivity contribution in [2.45, 2.75) is 13.3 Å². The maximum absolute atomic E-state index is 9.00. The van der Waals surface area contributed by atoms with Crippen LogP contribution in [0.4, 0.5) is 0 Å². The molecule has 0 aromatic heterocycles. The number of hydrogen-bond donors (Lipinski definition) is 2. The van der Waals surface area contributed by atoms with E-state index in [-0.39, 0.29) is 0 Å². The van der Waals surface area contributed by atoms with Crippen molar-refractivity contribution >= 4 is 22.6 Å². The number of aliphatic carboxylic acids is 1. The standard InChI is InChI=1S/C14H14N2.C2H4O2/c1-2-7-13-11(4-1)5-3-6-12(13)10-14-15-8-9-16-14;1-2(3)4/h1-7H,8-10H2,(H,15,16);1H3,(H,3,4). The van der Waals surface area contributed by atoms with Crippen LogP contribution in [0.1, 0.15) is 12.5 Å². The van der Waals surface area contributed by atoms with Crippen LogP contribution in [0.15, 0.2) is 47.5 Å². The Morgan fingerprint density at radius 3 is 2.65 bits per heavy atom. The monoisotopic (exact) mass is 270 g/mol. The smallest absolute Gasteiger partial charge is 0.300 e. The Labute approximate surface area is 118 Å². The molecular weight excluding hydrogens is 252 g/mol. The highest BCUT2D eigenvalue weighted by Crippen LogP contribution is 2.19. The van der Waals surface area contributed by atoms with Crippen molar-refractivity contribution in [3.8, 4) is 0 Å². The van der Waals surface area contributed by atoms with E-state index in [4.69, 9.17) is 9.90 Å². The molecule has 0 aliphatic carbocycles. The first-order valence-electron chi connectivity index (χ1n) is 6.60. The van der Waals surface area contributed by atoms with E-state index in [1.54, 1.807) is 0 Å². The molecule has 2 N–H and O–H groups in total. The molecule has 0 radical (unpaired) electrons. The van der Waals surface area contributed by atoms with Gasteiger partial charge < -0.3 is 10.4 Å². The molecular formula is C16H18N2O2. The van der Waals surface area contributed by atoms with Crippen molar-refractivity contribution in [2.24, 2.45) is 4.99 Å². The molecule has 1 heterocycles. The molecule has 0 unspecified atom stereocenters. The second-order valence-corrected chi connectivity index (χ2v) is 4.59. The summed E-state index contributed by atoms with van der Waals surface area (Å²) in [5.74, 6) is 0.288. The van der Waals surface area contributed by atoms with Gasteiger partial charge in [-0.05, 0) is 16.3 Å². The van der Waals surface area contributed by atoms with Gasteiger partial charge in [0.15, 0.2) is 0 Å². The average molecular weight is 270 g/mol. The Kier molecular flexibility index (Phi) is 4.71. The topological polar surface area (TPSA) is 61.7 Å². The second-order valence-electron chi connectivity index (χ2n) is 4.59. The lowest BCUT2D eigenvalue weighted by Gasteiger charge is -2.06. The SMILES string of the molecule is CC(=O)O.c1ccc2c(CC3=NCCN3)cccc2c1. The summed E-state index contributed by atoms with van der Waals surface area (Å²) in [5.41, 5.74) is 1.35. The molecule has 3 rings (SSSR count). The third kappa shape index (κ3) is 3.82. The van der Waals surface area contributed by atoms with Gasteiger partial charge in [0.25, 0.3) is 5.97 Å². The van der Waals surface area contributed by atoms with Gasteiger partial charge in [-0.1, -0.05) is 42.5 Å². The lowest BCUT2D eigenvalue weighted by molar-refractivity contribution is -0.134. The quantitative estimate of drug-likeness (QED) is 0.881. The number of hydrogen-bond acceptors (Lipinski definition) is 3. The van der Waals surface area contributed by atoms with E-state index in [0.29, 0.717) is 0 Å². The zero-order chi connectivity index (χ0) is 14.4. The molecule has 0 atom stereocenters. The number of nitrogens with one attached hydrogen (secondary N) is 1. The van der Waals surface area contributed by atoms with Crippen molar-refractivity contribution in [1.82, 2.24) is 5.32 Å². The minimum Gasteiger partial charge on any atom is -0.481 e. The molecule has 0 fully saturated rings. The first kappa shape index (κ1) is 14.1. The van der Waals surface area contributed by atoms with E-state index in [2.05, 4.69) is 52.8 Å². The maximum Gasteiger partial charge on any atom is 0.300 e. The highest BCUT2D eigenvalue weighted by molar-refractivity contribution is 5.92. The first-order chi connectivity index (χ1) is 9.66. The normalized spacial score (nSPS) is 13.2. The summed E-state index contributed by atoms with van der Waals surface area (Å²) in [6.45, 7) is 2.99. The number of carbonyl (C=O) groups is 1. The summed E-state index contributed by atoms with van der Waals surface area (Å²) in [6, 6.07) is 15.0. The second kappa shape index (κ2) is 6.70. The van der Waals surface area contributed by atoms with Crippen LogP contribution in [0.25, 0.3) is 10.8 Å². The number of amidine groups is 1. The summed E-state index contributed by atoms with van der Waals surface area (Å²) >= 11 is 0. The third-order valence-corrected chi connectivity index (χ3v) is 2.98. The molecule has 0 saturated heterocycles. The summed E-state index contributed by atoms with van der Waals surface area (Å²) in [7, 11) is 0. The van der Waals surface area contributed by atoms with E-state index >= 15 is 0 Å². The number of benzene rings is 2. The summed E-state index contributed by atoms with van der Waals surface area (Å²) < 4.78 is 0. The fourth-order valence-corrected chi connectivity index (χ4v) is 2.19. The predicted octanol–water partition coefficient (Wildman–Crippen LogP) is 2.47. The lowest BCUT2D eigenvalue weighted by Crippen LogP contribution is -2.20. The van der Waals surface area contributed by atoms with Gasteiger partial charge in [0, 0.05) is 19.9 Å². The Hall–Kier alpha value is -2.36. The van der Waals surface area contributed by atoms with E-state index in [1.807, 2.05) is 0 Å². The fraction of sp³-hybridized carbons (Fsp3) is 0.250. The molecule has 1 aliphatic rings. The Morgan fingerprint density at radius 2 is 1.95 bits per heavy atom. The molecule has 20 heavy (non-hydrogen) atoms. The summed E-state index contributed by atoms with van der Waals surface area (Å²) in [5, 5.41) is 13.4. The number of aliphatic imine (C=N–C) groups is 1. The number of carboxylic acid groups (broad SMARTS) is 1. The van der Waals surface area contributed by atoms with Gasteiger partial charge >= 0.3 is 0 Å². The zero-order valence-electron chi connectivity index (χ0n) is 11.5. The molecule has 2 aromatic carbocycles. The van der Waals surface area contributed by atoms with Crippen LogP contribution in [0, 0.1) is 0 Å². The van der Waals surface area contributed by atoms with E-state index in [1.165, 1.54) is 16.3 Å². The Bertz CT molecular complexity index is 626. The first-order valence-corrected chi connectivity index (χ1v) is 6.60. The minimum absolute atomic E-state index is 0.833. The molecule has 1 aliphatic heterocycles. The van der Waals surface area contributed by atoms with Crippen LogP contribution in [0.5, 0.6) is 0 Å². The van der Waals surface area contributed by atoms with Crippen LogP contribution in [0.2, 0.25) is 0 Å². The highest BCUT2D eigenvalue weighted by Gasteiger charge is 2.07. The number of carboxylic acids is 1. The zero-order valence-corrected chi connectivity index (χ0v) is 11.5. The average Bonchev–Trinajstić information content (AvgIpc) is 2.91. The van der Waals surface area contributed by atoms with Crippen molar-refractivity contribution in [3.05, 3.63) is 48.0 Å². The van der Waals surface area contributed by atoms with Crippen molar-refractivity contribution in [2.75, 3.05) is 13.1 Å². The van der Waals surface area contributed by atoms with Crippen LogP contribution in [-0.4, -0.2) is 30.0 Å². The molecule has 2 aromatic rings. The molecule has 0 saturated carbocycles. The van der Waals surface area contributed by atoms with Gasteiger partial charge in [0.2, 0.25) is 0 Å². The largest absolute Gasteiger partial charge is 0.481 e. The molecule has 0 amide bonds. The molecule has 0 spiro atoms. The van der Waals surface area contributed by atoms with E-state index in [0.717, 1.165) is 32.3 Å². The summed E-state index contributed by atoms with van der Waals surface area (Å²) in [6.07, 6.45) is 0.918. The molecule has 4 nitrogen and oxygen atoms in total. The van der Waals surface area contributed by atoms with Gasteiger partial charge in [0.05, 0.1) is 6.54 Å². The van der Waals surface area contributed by atoms with Gasteiger partial charge in [-0.15, -0.1) is 0 Å². The number of fused-ring (bicyclic) bond motifs is 1. The van der Waals surface area contributed by atoms with Crippen LogP contribution in [0.3, 0.4) is 0 Å². The van der Waals surface area contributed by atoms with E-state index < -0.39 is 5.97 Å². The fourth-order valence-electron chi connectivity index (χ4n) is 2.19. The van der Waals surface area contributed by atoms with Crippen molar-refractivity contribution in [1.29, 1.82) is 0 Å². The van der Waals surface area contributed by atoms with Crippen LogP contribution < -0.4 is 5.32 Å². The Morgan fingerprint density at radius 1 is 1.25 bits per heavy atom. The van der Waals surface area contributed by atoms with Crippen LogP contribution >= 0.6 is 0 Å². The summed E-state index contributed by atoms with van der Waals surface area (Å²) in [4.78, 5) is 13.4. The van der Waals surface area contributed by atoms with Gasteiger partial charge in [-0.2, -0.15) is 0 Å². The predicted molar refractivity (Wildman–Crippen MR) is 81.3 cm³/mol. The van der Waals surface area contributed by atoms with Crippen LogP contribution in [-0.2, 0) is 11.2 Å². The third-order valence-electron chi connectivity index (χ3n) is 2.98. The van der Waals surface area contributed by atoms with Gasteiger partial charge in [0.1, 0.15) is 5.84 Å². The molecule has 4 heteroatoms. The highest BCUT2D eigenvalue weighted by atomic mass is 16.4. The number of rotatable bonds is 2. The minimum atomic E-state index is -0.833. The van der Waals surface area contributed by atoms with Crippen molar-refractivity contribution in [3.63, 3.8) is 0 Å². The van der Waals surface area contributed by atoms with Gasteiger partial charge in [-0.3, -0.25) is 9.79 Å². The maximum atomic E-state index is 9.00. The van der Waals surface area contributed by atoms with E-state index in [9.17, 15) is 0 Å². The van der Waals surface area contributed by atoms with Crippen molar-refractivity contribution < 1.29 is 9.90 Å². The van der Waals surface area contributed by atoms with Gasteiger partial charge in [-0.25, -0.2) is 0 Å². The molecule has 0 bridgehead atoms. The lowest BCUT2D eigenvalue weighted by atomic mass is 10.0. The molecule has 104 valence electrons. The Balaban J connectivity index is 0.000000328.